The van der Waals surface area contributed by atoms with Crippen molar-refractivity contribution in [3.63, 3.8) is 0 Å². The van der Waals surface area contributed by atoms with Gasteiger partial charge in [-0.1, -0.05) is 12.1 Å². The Morgan fingerprint density at radius 3 is 2.70 bits per heavy atom. The third-order valence-corrected chi connectivity index (χ3v) is 4.07. The van der Waals surface area contributed by atoms with Gasteiger partial charge in [-0.05, 0) is 13.0 Å². The third-order valence-electron chi connectivity index (χ3n) is 4.07. The van der Waals surface area contributed by atoms with Crippen molar-refractivity contribution in [2.45, 2.75) is 6.92 Å². The van der Waals surface area contributed by atoms with Crippen molar-refractivity contribution in [2.75, 3.05) is 26.2 Å². The molecule has 1 amide bonds. The average molecular weight is 275 g/mol. The lowest BCUT2D eigenvalue weighted by Crippen LogP contribution is -2.46. The second kappa shape index (κ2) is 4.90. The summed E-state index contributed by atoms with van der Waals surface area (Å²) in [7, 11) is 1.80. The summed E-state index contributed by atoms with van der Waals surface area (Å²) in [6, 6.07) is 4.91. The number of hydrogen-bond donors (Lipinski definition) is 1. The van der Waals surface area contributed by atoms with E-state index >= 15 is 0 Å². The Kier molecular flexibility index (Phi) is 3.22. The van der Waals surface area contributed by atoms with Crippen LogP contribution in [0.1, 0.15) is 16.1 Å². The molecule has 0 saturated carbocycles. The van der Waals surface area contributed by atoms with E-state index in [2.05, 4.69) is 5.32 Å². The molecule has 1 fully saturated rings. The van der Waals surface area contributed by atoms with E-state index in [1.54, 1.807) is 17.7 Å². The van der Waals surface area contributed by atoms with Gasteiger partial charge in [-0.3, -0.25) is 4.79 Å². The molecule has 2 aromatic rings. The minimum absolute atomic E-state index is 0.000185. The molecule has 2 heterocycles. The van der Waals surface area contributed by atoms with E-state index in [1.165, 1.54) is 6.07 Å². The first-order valence-electron chi connectivity index (χ1n) is 6.84. The Bertz CT molecular complexity index is 671. The number of nitrogens with one attached hydrogen (secondary N) is 1. The fourth-order valence-electron chi connectivity index (χ4n) is 2.88. The van der Waals surface area contributed by atoms with Crippen LogP contribution in [0.25, 0.3) is 10.9 Å². The van der Waals surface area contributed by atoms with Crippen LogP contribution in [0.4, 0.5) is 4.39 Å². The van der Waals surface area contributed by atoms with E-state index in [0.717, 1.165) is 18.8 Å². The molecule has 1 aromatic heterocycles. The maximum atomic E-state index is 14.0. The number of aromatic nitrogens is 1. The van der Waals surface area contributed by atoms with E-state index < -0.39 is 0 Å². The first-order chi connectivity index (χ1) is 9.61. The van der Waals surface area contributed by atoms with Gasteiger partial charge in [0, 0.05) is 44.3 Å². The number of carbonyl (C=O) groups is 1. The number of rotatable bonds is 1. The Hall–Kier alpha value is -1.88. The van der Waals surface area contributed by atoms with Crippen LogP contribution in [0.2, 0.25) is 0 Å². The molecule has 0 radical (unpaired) electrons. The van der Waals surface area contributed by atoms with Crippen LogP contribution in [-0.2, 0) is 7.05 Å². The van der Waals surface area contributed by atoms with Crippen LogP contribution in [0.3, 0.4) is 0 Å². The Balaban J connectivity index is 2.13. The Morgan fingerprint density at radius 2 is 2.00 bits per heavy atom. The molecule has 0 aliphatic carbocycles. The monoisotopic (exact) mass is 275 g/mol. The maximum Gasteiger partial charge on any atom is 0.256 e. The van der Waals surface area contributed by atoms with E-state index in [-0.39, 0.29) is 11.7 Å². The van der Waals surface area contributed by atoms with E-state index in [4.69, 9.17) is 0 Å². The third kappa shape index (κ3) is 1.89. The number of nitrogens with zero attached hydrogens (tertiary/aromatic N) is 2. The SMILES string of the molecule is Cc1c(C(=O)N2CCNCC2)c2cccc(F)c2n1C. The number of benzene rings is 1. The summed E-state index contributed by atoms with van der Waals surface area (Å²) in [5, 5.41) is 3.93. The number of halogens is 1. The first-order valence-corrected chi connectivity index (χ1v) is 6.84. The number of aryl methyl sites for hydroxylation is 1. The lowest BCUT2D eigenvalue weighted by Gasteiger charge is -2.27. The lowest BCUT2D eigenvalue weighted by molar-refractivity contribution is 0.0737. The molecule has 1 saturated heterocycles. The topological polar surface area (TPSA) is 37.3 Å². The number of fused-ring (bicyclic) bond motifs is 1. The fourth-order valence-corrected chi connectivity index (χ4v) is 2.88. The normalized spacial score (nSPS) is 15.8. The standard InChI is InChI=1S/C15H18FN3O/c1-10-13(15(20)19-8-6-17-7-9-19)11-4-3-5-12(16)14(11)18(10)2/h3-5,17H,6-9H2,1-2H3. The summed E-state index contributed by atoms with van der Waals surface area (Å²) in [6.45, 7) is 4.89. The summed E-state index contributed by atoms with van der Waals surface area (Å²) in [6.07, 6.45) is 0. The van der Waals surface area contributed by atoms with Crippen molar-refractivity contribution in [1.29, 1.82) is 0 Å². The highest BCUT2D eigenvalue weighted by Crippen LogP contribution is 2.28. The van der Waals surface area contributed by atoms with E-state index in [9.17, 15) is 9.18 Å². The molecule has 0 spiro atoms. The molecule has 3 rings (SSSR count). The zero-order valence-corrected chi connectivity index (χ0v) is 11.7. The number of carbonyl (C=O) groups excluding carboxylic acids is 1. The molecule has 1 aliphatic rings. The highest BCUT2D eigenvalue weighted by Gasteiger charge is 2.25. The van der Waals surface area contributed by atoms with Gasteiger partial charge in [-0.25, -0.2) is 4.39 Å². The van der Waals surface area contributed by atoms with Crippen molar-refractivity contribution in [3.05, 3.63) is 35.3 Å². The maximum absolute atomic E-state index is 14.0. The van der Waals surface area contributed by atoms with Crippen LogP contribution < -0.4 is 5.32 Å². The number of para-hydroxylation sites is 1. The lowest BCUT2D eigenvalue weighted by atomic mass is 10.1. The molecule has 0 unspecified atom stereocenters. The van der Waals surface area contributed by atoms with Crippen molar-refractivity contribution in [3.8, 4) is 0 Å². The second-order valence-corrected chi connectivity index (χ2v) is 5.20. The zero-order valence-electron chi connectivity index (χ0n) is 11.7. The molecular weight excluding hydrogens is 257 g/mol. The molecular formula is C15H18FN3O. The molecule has 5 heteroatoms. The number of piperazine rings is 1. The Labute approximate surface area is 117 Å². The highest BCUT2D eigenvalue weighted by molar-refractivity contribution is 6.08. The molecule has 20 heavy (non-hydrogen) atoms. The average Bonchev–Trinajstić information content (AvgIpc) is 2.72. The van der Waals surface area contributed by atoms with E-state index in [1.807, 2.05) is 17.9 Å². The molecule has 1 aliphatic heterocycles. The summed E-state index contributed by atoms with van der Waals surface area (Å²) in [5.41, 5.74) is 1.95. The largest absolute Gasteiger partial charge is 0.345 e. The zero-order chi connectivity index (χ0) is 14.3. The molecule has 0 bridgehead atoms. The van der Waals surface area contributed by atoms with Gasteiger partial charge in [0.05, 0.1) is 11.1 Å². The summed E-state index contributed by atoms with van der Waals surface area (Å²) < 4.78 is 15.8. The van der Waals surface area contributed by atoms with Gasteiger partial charge in [0.15, 0.2) is 0 Å². The molecule has 1 N–H and O–H groups in total. The minimum Gasteiger partial charge on any atom is -0.345 e. The molecule has 0 atom stereocenters. The van der Waals surface area contributed by atoms with Gasteiger partial charge in [-0.15, -0.1) is 0 Å². The smallest absolute Gasteiger partial charge is 0.256 e. The first kappa shape index (κ1) is 13.1. The number of hydrogen-bond acceptors (Lipinski definition) is 2. The van der Waals surface area contributed by atoms with Crippen molar-refractivity contribution < 1.29 is 9.18 Å². The molecule has 4 nitrogen and oxygen atoms in total. The van der Waals surface area contributed by atoms with Gasteiger partial charge in [0.1, 0.15) is 5.82 Å². The van der Waals surface area contributed by atoms with Crippen LogP contribution in [0.5, 0.6) is 0 Å². The molecule has 1 aromatic carbocycles. The van der Waals surface area contributed by atoms with Crippen molar-refractivity contribution in [2.24, 2.45) is 7.05 Å². The minimum atomic E-state index is -0.285. The van der Waals surface area contributed by atoms with Gasteiger partial charge < -0.3 is 14.8 Å². The van der Waals surface area contributed by atoms with Crippen LogP contribution in [0.15, 0.2) is 18.2 Å². The van der Waals surface area contributed by atoms with Gasteiger partial charge in [-0.2, -0.15) is 0 Å². The fraction of sp³-hybridized carbons (Fsp3) is 0.400. The molecule has 106 valence electrons. The summed E-state index contributed by atoms with van der Waals surface area (Å²) in [4.78, 5) is 14.6. The highest BCUT2D eigenvalue weighted by atomic mass is 19.1. The predicted molar refractivity (Wildman–Crippen MR) is 76.4 cm³/mol. The number of amides is 1. The van der Waals surface area contributed by atoms with Gasteiger partial charge >= 0.3 is 0 Å². The van der Waals surface area contributed by atoms with Crippen LogP contribution >= 0.6 is 0 Å². The summed E-state index contributed by atoms with van der Waals surface area (Å²) >= 11 is 0. The van der Waals surface area contributed by atoms with Crippen LogP contribution in [0, 0.1) is 12.7 Å². The van der Waals surface area contributed by atoms with Crippen molar-refractivity contribution in [1.82, 2.24) is 14.8 Å². The van der Waals surface area contributed by atoms with E-state index in [0.29, 0.717) is 29.6 Å². The Morgan fingerprint density at radius 1 is 1.30 bits per heavy atom. The van der Waals surface area contributed by atoms with Gasteiger partial charge in [0.25, 0.3) is 5.91 Å². The summed E-state index contributed by atoms with van der Waals surface area (Å²) in [5.74, 6) is -0.285. The van der Waals surface area contributed by atoms with Crippen molar-refractivity contribution >= 4 is 16.8 Å². The quantitative estimate of drug-likeness (QED) is 0.859. The van der Waals surface area contributed by atoms with Gasteiger partial charge in [0.2, 0.25) is 0 Å². The van der Waals surface area contributed by atoms with Crippen LogP contribution in [-0.4, -0.2) is 41.6 Å². The predicted octanol–water partition coefficient (Wildman–Crippen LogP) is 1.67. The second-order valence-electron chi connectivity index (χ2n) is 5.20.